The molecule has 0 bridgehead atoms. The highest BCUT2D eigenvalue weighted by Crippen LogP contribution is 2.35. The first-order valence-corrected chi connectivity index (χ1v) is 5.44. The Morgan fingerprint density at radius 2 is 2.13 bits per heavy atom. The molecule has 2 heterocycles. The summed E-state index contributed by atoms with van der Waals surface area (Å²) < 4.78 is 11.3. The molecule has 0 aliphatic carbocycles. The van der Waals surface area contributed by atoms with Crippen molar-refractivity contribution in [2.45, 2.75) is 26.2 Å². The van der Waals surface area contributed by atoms with Crippen LogP contribution in [0.1, 0.15) is 31.1 Å². The zero-order valence-electron chi connectivity index (χ0n) is 9.04. The van der Waals surface area contributed by atoms with Gasteiger partial charge < -0.3 is 9.15 Å². The maximum atomic E-state index is 5.80. The minimum atomic E-state index is 0.440. The second-order valence-corrected chi connectivity index (χ2v) is 4.36. The number of rotatable bonds is 1. The van der Waals surface area contributed by atoms with Crippen LogP contribution >= 0.6 is 0 Å². The molecule has 0 fully saturated rings. The Balaban J connectivity index is 2.27. The number of benzene rings is 1. The van der Waals surface area contributed by atoms with E-state index in [-0.39, 0.29) is 0 Å². The molecule has 1 aliphatic heterocycles. The lowest BCUT2D eigenvalue weighted by Gasteiger charge is -1.97. The molecule has 0 radical (unpaired) electrons. The zero-order valence-corrected chi connectivity index (χ0v) is 9.04. The lowest BCUT2D eigenvalue weighted by molar-refractivity contribution is 0.357. The van der Waals surface area contributed by atoms with Crippen molar-refractivity contribution in [3.8, 4) is 5.75 Å². The molecule has 0 amide bonds. The number of ether oxygens (including phenoxy) is 1. The molecular weight excluding hydrogens is 188 g/mol. The van der Waals surface area contributed by atoms with Crippen LogP contribution in [0.5, 0.6) is 5.75 Å². The highest BCUT2D eigenvalue weighted by atomic mass is 16.5. The predicted molar refractivity (Wildman–Crippen MR) is 59.5 cm³/mol. The van der Waals surface area contributed by atoms with Crippen LogP contribution in [0.2, 0.25) is 0 Å². The molecule has 3 rings (SSSR count). The van der Waals surface area contributed by atoms with Gasteiger partial charge in [-0.05, 0) is 18.2 Å². The van der Waals surface area contributed by atoms with Crippen molar-refractivity contribution >= 4 is 11.0 Å². The lowest BCUT2D eigenvalue weighted by Crippen LogP contribution is -1.85. The molecule has 0 saturated heterocycles. The van der Waals surface area contributed by atoms with E-state index < -0.39 is 0 Å². The summed E-state index contributed by atoms with van der Waals surface area (Å²) in [5.74, 6) is 2.53. The molecule has 0 atom stereocenters. The molecule has 0 saturated carbocycles. The second kappa shape index (κ2) is 3.02. The minimum Gasteiger partial charge on any atom is -0.493 e. The third kappa shape index (κ3) is 1.24. The highest BCUT2D eigenvalue weighted by Gasteiger charge is 2.18. The molecule has 0 N–H and O–H groups in total. The molecule has 15 heavy (non-hydrogen) atoms. The summed E-state index contributed by atoms with van der Waals surface area (Å²) in [4.78, 5) is 0. The van der Waals surface area contributed by atoms with Gasteiger partial charge in [-0.15, -0.1) is 0 Å². The summed E-state index contributed by atoms with van der Waals surface area (Å²) in [5, 5.41) is 1.23. The van der Waals surface area contributed by atoms with Gasteiger partial charge in [0.2, 0.25) is 0 Å². The van der Waals surface area contributed by atoms with E-state index in [0.29, 0.717) is 5.92 Å². The van der Waals surface area contributed by atoms with Crippen molar-refractivity contribution in [1.82, 2.24) is 0 Å². The van der Waals surface area contributed by atoms with Crippen LogP contribution in [0.15, 0.2) is 22.6 Å². The monoisotopic (exact) mass is 202 g/mol. The molecule has 1 aliphatic rings. The smallest absolute Gasteiger partial charge is 0.134 e. The minimum absolute atomic E-state index is 0.440. The third-order valence-electron chi connectivity index (χ3n) is 2.97. The summed E-state index contributed by atoms with van der Waals surface area (Å²) >= 11 is 0. The summed E-state index contributed by atoms with van der Waals surface area (Å²) in [5.41, 5.74) is 2.30. The van der Waals surface area contributed by atoms with Crippen LogP contribution in [0, 0.1) is 0 Å². The van der Waals surface area contributed by atoms with E-state index in [1.54, 1.807) is 0 Å². The Hall–Kier alpha value is -1.44. The normalized spacial score (nSPS) is 14.6. The first kappa shape index (κ1) is 8.84. The van der Waals surface area contributed by atoms with E-state index in [1.807, 2.05) is 12.1 Å². The fraction of sp³-hybridized carbons (Fsp3) is 0.385. The number of hydrogen-bond donors (Lipinski definition) is 0. The van der Waals surface area contributed by atoms with Gasteiger partial charge in [0.1, 0.15) is 17.1 Å². The van der Waals surface area contributed by atoms with E-state index in [4.69, 9.17) is 9.15 Å². The topological polar surface area (TPSA) is 22.4 Å². The van der Waals surface area contributed by atoms with Crippen molar-refractivity contribution in [2.75, 3.05) is 6.61 Å². The number of fused-ring (bicyclic) bond motifs is 3. The molecule has 1 aromatic heterocycles. The van der Waals surface area contributed by atoms with Crippen molar-refractivity contribution in [3.05, 3.63) is 29.5 Å². The van der Waals surface area contributed by atoms with Gasteiger partial charge >= 0.3 is 0 Å². The van der Waals surface area contributed by atoms with E-state index in [0.717, 1.165) is 30.1 Å². The van der Waals surface area contributed by atoms with E-state index in [1.165, 1.54) is 10.9 Å². The van der Waals surface area contributed by atoms with Gasteiger partial charge in [0.15, 0.2) is 0 Å². The number of hydrogen-bond acceptors (Lipinski definition) is 2. The van der Waals surface area contributed by atoms with E-state index >= 15 is 0 Å². The Morgan fingerprint density at radius 1 is 1.27 bits per heavy atom. The standard InChI is InChI=1S/C13H14O2/c1-8(2)13-7-10-9-5-6-14-11(9)3-4-12(10)15-13/h3-4,7-8H,5-6H2,1-2H3. The molecule has 78 valence electrons. The summed E-state index contributed by atoms with van der Waals surface area (Å²) in [6.45, 7) is 5.10. The van der Waals surface area contributed by atoms with Crippen molar-refractivity contribution < 1.29 is 9.15 Å². The van der Waals surface area contributed by atoms with Gasteiger partial charge in [0.25, 0.3) is 0 Å². The van der Waals surface area contributed by atoms with Crippen molar-refractivity contribution in [1.29, 1.82) is 0 Å². The van der Waals surface area contributed by atoms with Gasteiger partial charge in [-0.3, -0.25) is 0 Å². The summed E-state index contributed by atoms with van der Waals surface area (Å²) in [6.07, 6.45) is 1.00. The molecule has 0 unspecified atom stereocenters. The molecule has 0 spiro atoms. The summed E-state index contributed by atoms with van der Waals surface area (Å²) in [7, 11) is 0. The molecule has 2 aromatic rings. The second-order valence-electron chi connectivity index (χ2n) is 4.36. The fourth-order valence-electron chi connectivity index (χ4n) is 2.11. The molecule has 1 aromatic carbocycles. The Labute approximate surface area is 88.8 Å². The maximum absolute atomic E-state index is 5.80. The maximum Gasteiger partial charge on any atom is 0.134 e. The van der Waals surface area contributed by atoms with Crippen LogP contribution in [0.3, 0.4) is 0 Å². The average molecular weight is 202 g/mol. The van der Waals surface area contributed by atoms with Gasteiger partial charge in [0.05, 0.1) is 6.61 Å². The van der Waals surface area contributed by atoms with Crippen LogP contribution in [-0.2, 0) is 6.42 Å². The molecule has 2 nitrogen and oxygen atoms in total. The number of furan rings is 1. The quantitative estimate of drug-likeness (QED) is 0.706. The Bertz CT molecular complexity index is 508. The van der Waals surface area contributed by atoms with Crippen LogP contribution in [0.25, 0.3) is 11.0 Å². The van der Waals surface area contributed by atoms with Crippen molar-refractivity contribution in [2.24, 2.45) is 0 Å². The first-order valence-electron chi connectivity index (χ1n) is 5.44. The highest BCUT2D eigenvalue weighted by molar-refractivity contribution is 5.84. The van der Waals surface area contributed by atoms with Crippen molar-refractivity contribution in [3.63, 3.8) is 0 Å². The predicted octanol–water partition coefficient (Wildman–Crippen LogP) is 3.49. The van der Waals surface area contributed by atoms with E-state index in [2.05, 4.69) is 19.9 Å². The fourth-order valence-corrected chi connectivity index (χ4v) is 2.11. The first-order chi connectivity index (χ1) is 7.25. The third-order valence-corrected chi connectivity index (χ3v) is 2.97. The van der Waals surface area contributed by atoms with Gasteiger partial charge in [0, 0.05) is 23.3 Å². The lowest BCUT2D eigenvalue weighted by atomic mass is 10.1. The van der Waals surface area contributed by atoms with Crippen LogP contribution in [-0.4, -0.2) is 6.61 Å². The molecular formula is C13H14O2. The Kier molecular flexibility index (Phi) is 1.78. The average Bonchev–Trinajstić information content (AvgIpc) is 2.82. The van der Waals surface area contributed by atoms with E-state index in [9.17, 15) is 0 Å². The SMILES string of the molecule is CC(C)c1cc2c3c(ccc2o1)OCC3. The van der Waals surface area contributed by atoms with Crippen LogP contribution in [0.4, 0.5) is 0 Å². The zero-order chi connectivity index (χ0) is 10.4. The van der Waals surface area contributed by atoms with Gasteiger partial charge in [-0.2, -0.15) is 0 Å². The largest absolute Gasteiger partial charge is 0.493 e. The molecule has 2 heteroatoms. The van der Waals surface area contributed by atoms with Crippen LogP contribution < -0.4 is 4.74 Å². The Morgan fingerprint density at radius 3 is 2.93 bits per heavy atom. The summed E-state index contributed by atoms with van der Waals surface area (Å²) in [6, 6.07) is 6.18. The van der Waals surface area contributed by atoms with Gasteiger partial charge in [-0.25, -0.2) is 0 Å². The van der Waals surface area contributed by atoms with Gasteiger partial charge in [-0.1, -0.05) is 13.8 Å².